The number of benzene rings is 2. The lowest BCUT2D eigenvalue weighted by atomic mass is 9.86. The van der Waals surface area contributed by atoms with Crippen LogP contribution in [-0.4, -0.2) is 15.0 Å². The van der Waals surface area contributed by atoms with Gasteiger partial charge in [0, 0.05) is 11.0 Å². The van der Waals surface area contributed by atoms with Crippen LogP contribution in [0.5, 0.6) is 0 Å². The zero-order valence-electron chi connectivity index (χ0n) is 14.3. The fraction of sp³-hybridized carbons (Fsp3) is 0.368. The molecule has 0 saturated heterocycles. The minimum Gasteiger partial charge on any atom is -0.211 e. The number of aryl methyl sites for hydroxylation is 1. The zero-order valence-corrected chi connectivity index (χ0v) is 16.7. The molecule has 0 unspecified atom stereocenters. The van der Waals surface area contributed by atoms with Gasteiger partial charge in [0.15, 0.2) is 0 Å². The smallest absolute Gasteiger partial charge is 0.211 e. The Morgan fingerprint density at radius 2 is 1.50 bits per heavy atom. The summed E-state index contributed by atoms with van der Waals surface area (Å²) < 4.78 is 28.7. The zero-order chi connectivity index (χ0) is 17.8. The summed E-state index contributed by atoms with van der Waals surface area (Å²) >= 11 is 3.43. The predicted molar refractivity (Wildman–Crippen MR) is 103 cm³/mol. The van der Waals surface area contributed by atoms with Crippen molar-refractivity contribution in [3.8, 4) is 0 Å². The fourth-order valence-corrected chi connectivity index (χ4v) is 4.00. The van der Waals surface area contributed by atoms with Crippen molar-refractivity contribution in [2.24, 2.45) is 5.41 Å². The first-order chi connectivity index (χ1) is 11.2. The van der Waals surface area contributed by atoms with E-state index in [1.165, 1.54) is 5.56 Å². The second kappa shape index (κ2) is 7.81. The van der Waals surface area contributed by atoms with E-state index in [9.17, 15) is 8.42 Å². The van der Waals surface area contributed by atoms with Crippen molar-refractivity contribution in [3.05, 3.63) is 64.1 Å². The molecule has 0 aliphatic heterocycles. The lowest BCUT2D eigenvalue weighted by molar-refractivity contribution is 0.361. The topological polar surface area (TPSA) is 46.2 Å². The molecule has 130 valence electrons. The quantitative estimate of drug-likeness (QED) is 0.728. The molecule has 0 saturated carbocycles. The summed E-state index contributed by atoms with van der Waals surface area (Å²) in [5, 5.41) is 0. The van der Waals surface area contributed by atoms with Crippen LogP contribution in [0.4, 0.5) is 0 Å². The molecular formula is C19H24BrNO2S. The maximum absolute atomic E-state index is 12.5. The van der Waals surface area contributed by atoms with E-state index in [0.29, 0.717) is 11.4 Å². The molecule has 0 spiro atoms. The molecule has 0 aromatic heterocycles. The summed E-state index contributed by atoms with van der Waals surface area (Å²) in [5.41, 5.74) is 2.14. The van der Waals surface area contributed by atoms with Crippen LogP contribution in [0.3, 0.4) is 0 Å². The Kier molecular flexibility index (Phi) is 6.23. The molecule has 24 heavy (non-hydrogen) atoms. The molecule has 2 rings (SSSR count). The molecule has 0 amide bonds. The first-order valence-electron chi connectivity index (χ1n) is 8.05. The van der Waals surface area contributed by atoms with Crippen LogP contribution in [0.1, 0.15) is 31.9 Å². The number of hydrogen-bond donors (Lipinski definition) is 1. The van der Waals surface area contributed by atoms with Gasteiger partial charge >= 0.3 is 0 Å². The highest BCUT2D eigenvalue weighted by Crippen LogP contribution is 2.23. The SMILES string of the molecule is CCc1ccc(S(=O)(=O)NCC(C)(C)Cc2ccc(Br)cc2)cc1. The standard InChI is InChI=1S/C19H24BrNO2S/c1-4-15-7-11-18(12-8-15)24(22,23)21-14-19(2,3)13-16-5-9-17(20)10-6-16/h5-12,21H,4,13-14H2,1-3H3. The molecule has 0 aliphatic rings. The molecule has 0 fully saturated rings. The van der Waals surface area contributed by atoms with Crippen molar-refractivity contribution in [1.82, 2.24) is 4.72 Å². The van der Waals surface area contributed by atoms with Crippen molar-refractivity contribution in [3.63, 3.8) is 0 Å². The van der Waals surface area contributed by atoms with Gasteiger partial charge in [0.05, 0.1) is 4.90 Å². The van der Waals surface area contributed by atoms with Crippen LogP contribution in [0.15, 0.2) is 57.9 Å². The molecule has 5 heteroatoms. The third-order valence-corrected chi connectivity index (χ3v) is 5.92. The van der Waals surface area contributed by atoms with Gasteiger partial charge in [0.1, 0.15) is 0 Å². The maximum atomic E-state index is 12.5. The van der Waals surface area contributed by atoms with Gasteiger partial charge in [-0.3, -0.25) is 0 Å². The van der Waals surface area contributed by atoms with Gasteiger partial charge < -0.3 is 0 Å². The molecule has 3 nitrogen and oxygen atoms in total. The van der Waals surface area contributed by atoms with Crippen LogP contribution in [0.2, 0.25) is 0 Å². The van der Waals surface area contributed by atoms with Gasteiger partial charge in [0.25, 0.3) is 0 Å². The summed E-state index contributed by atoms with van der Waals surface area (Å²) in [6, 6.07) is 15.2. The average molecular weight is 410 g/mol. The van der Waals surface area contributed by atoms with Crippen LogP contribution in [0.25, 0.3) is 0 Å². The van der Waals surface area contributed by atoms with E-state index in [1.807, 2.05) is 31.2 Å². The molecule has 0 aliphatic carbocycles. The van der Waals surface area contributed by atoms with Crippen LogP contribution in [0, 0.1) is 5.41 Å². The fourth-order valence-electron chi connectivity index (χ4n) is 2.50. The minimum absolute atomic E-state index is 0.176. The summed E-state index contributed by atoms with van der Waals surface area (Å²) in [7, 11) is -3.47. The van der Waals surface area contributed by atoms with Gasteiger partial charge in [-0.2, -0.15) is 0 Å². The molecule has 0 heterocycles. The first-order valence-corrected chi connectivity index (χ1v) is 10.3. The van der Waals surface area contributed by atoms with Crippen molar-refractivity contribution >= 4 is 26.0 Å². The molecular weight excluding hydrogens is 386 g/mol. The first kappa shape index (κ1) is 19.2. The third kappa shape index (κ3) is 5.43. The molecule has 0 radical (unpaired) electrons. The third-order valence-electron chi connectivity index (χ3n) is 3.98. The van der Waals surface area contributed by atoms with E-state index >= 15 is 0 Å². The Morgan fingerprint density at radius 3 is 2.04 bits per heavy atom. The predicted octanol–water partition coefficient (Wildman–Crippen LogP) is 4.56. The number of sulfonamides is 1. The summed E-state index contributed by atoms with van der Waals surface area (Å²) in [6.45, 7) is 6.57. The van der Waals surface area contributed by atoms with E-state index in [2.05, 4.69) is 46.6 Å². The number of hydrogen-bond acceptors (Lipinski definition) is 2. The number of rotatable bonds is 7. The summed E-state index contributed by atoms with van der Waals surface area (Å²) in [4.78, 5) is 0.319. The van der Waals surface area contributed by atoms with E-state index in [1.54, 1.807) is 12.1 Å². The summed E-state index contributed by atoms with van der Waals surface area (Å²) in [6.07, 6.45) is 1.70. The molecule has 2 aromatic carbocycles. The molecule has 0 atom stereocenters. The number of halogens is 1. The van der Waals surface area contributed by atoms with Crippen LogP contribution < -0.4 is 4.72 Å². The van der Waals surface area contributed by atoms with Gasteiger partial charge in [-0.1, -0.05) is 61.0 Å². The second-order valence-corrected chi connectivity index (χ2v) is 9.47. The van der Waals surface area contributed by atoms with Gasteiger partial charge in [-0.15, -0.1) is 0 Å². The molecule has 2 aromatic rings. The lowest BCUT2D eigenvalue weighted by Crippen LogP contribution is -2.35. The Hall–Kier alpha value is -1.17. The van der Waals surface area contributed by atoms with Crippen molar-refractivity contribution in [2.75, 3.05) is 6.54 Å². The van der Waals surface area contributed by atoms with E-state index in [0.717, 1.165) is 22.9 Å². The highest BCUT2D eigenvalue weighted by molar-refractivity contribution is 9.10. The van der Waals surface area contributed by atoms with Crippen LogP contribution in [-0.2, 0) is 22.9 Å². The largest absolute Gasteiger partial charge is 0.240 e. The minimum atomic E-state index is -3.47. The molecule has 1 N–H and O–H groups in total. The van der Waals surface area contributed by atoms with E-state index in [4.69, 9.17) is 0 Å². The highest BCUT2D eigenvalue weighted by Gasteiger charge is 2.22. The number of nitrogens with one attached hydrogen (secondary N) is 1. The average Bonchev–Trinajstić information content (AvgIpc) is 2.55. The van der Waals surface area contributed by atoms with E-state index in [-0.39, 0.29) is 5.41 Å². The van der Waals surface area contributed by atoms with Gasteiger partial charge in [0.2, 0.25) is 10.0 Å². The van der Waals surface area contributed by atoms with E-state index < -0.39 is 10.0 Å². The maximum Gasteiger partial charge on any atom is 0.240 e. The van der Waals surface area contributed by atoms with Crippen molar-refractivity contribution < 1.29 is 8.42 Å². The summed E-state index contributed by atoms with van der Waals surface area (Å²) in [5.74, 6) is 0. The van der Waals surface area contributed by atoms with Gasteiger partial charge in [-0.05, 0) is 53.6 Å². The molecule has 0 bridgehead atoms. The van der Waals surface area contributed by atoms with Crippen molar-refractivity contribution in [1.29, 1.82) is 0 Å². The Morgan fingerprint density at radius 1 is 0.958 bits per heavy atom. The Labute approximate surface area is 153 Å². The second-order valence-electron chi connectivity index (χ2n) is 6.79. The lowest BCUT2D eigenvalue weighted by Gasteiger charge is -2.25. The normalized spacial score (nSPS) is 12.3. The van der Waals surface area contributed by atoms with Crippen molar-refractivity contribution in [2.45, 2.75) is 38.5 Å². The van der Waals surface area contributed by atoms with Crippen LogP contribution >= 0.6 is 15.9 Å². The monoisotopic (exact) mass is 409 g/mol. The Bertz CT molecular complexity index is 766. The highest BCUT2D eigenvalue weighted by atomic mass is 79.9. The van der Waals surface area contributed by atoms with Gasteiger partial charge in [-0.25, -0.2) is 13.1 Å². The Balaban J connectivity index is 2.02.